The molecule has 1 aliphatic heterocycles. The number of cyclic esters (lactones) is 1. The summed E-state index contributed by atoms with van der Waals surface area (Å²) in [5.41, 5.74) is 1.11. The standard InChI is InChI=1S/C17H12N2O5S/c1-25(21,22)19-12-6-4-11(5-7-12)16-14(10-18)17(20)24-15(16)9-13-3-2-8-23-13/h2-9,19H,1H3. The molecule has 126 valence electrons. The smallest absolute Gasteiger partial charge is 0.355 e. The third-order valence-electron chi connectivity index (χ3n) is 3.31. The van der Waals surface area contributed by atoms with Crippen LogP contribution >= 0.6 is 0 Å². The number of carbonyl (C=O) groups excluding carboxylic acids is 1. The van der Waals surface area contributed by atoms with Crippen molar-refractivity contribution in [3.05, 3.63) is 65.3 Å². The van der Waals surface area contributed by atoms with Gasteiger partial charge < -0.3 is 9.15 Å². The molecule has 0 amide bonds. The van der Waals surface area contributed by atoms with Gasteiger partial charge in [-0.2, -0.15) is 5.26 Å². The molecule has 2 aromatic rings. The molecule has 0 fully saturated rings. The Hall–Kier alpha value is -3.31. The van der Waals surface area contributed by atoms with Gasteiger partial charge in [0.2, 0.25) is 10.0 Å². The van der Waals surface area contributed by atoms with E-state index in [-0.39, 0.29) is 11.3 Å². The van der Waals surface area contributed by atoms with Gasteiger partial charge in [-0.3, -0.25) is 4.72 Å². The van der Waals surface area contributed by atoms with E-state index >= 15 is 0 Å². The summed E-state index contributed by atoms with van der Waals surface area (Å²) < 4.78 is 35.3. The third kappa shape index (κ3) is 3.62. The van der Waals surface area contributed by atoms with E-state index in [9.17, 15) is 18.5 Å². The van der Waals surface area contributed by atoms with Crippen LogP contribution in [0.3, 0.4) is 0 Å². The Morgan fingerprint density at radius 1 is 1.20 bits per heavy atom. The number of allylic oxidation sites excluding steroid dienone is 1. The van der Waals surface area contributed by atoms with Gasteiger partial charge in [-0.05, 0) is 29.8 Å². The number of ether oxygens (including phenoxy) is 1. The molecule has 0 bridgehead atoms. The molecule has 0 unspecified atom stereocenters. The molecule has 0 saturated heterocycles. The van der Waals surface area contributed by atoms with Crippen molar-refractivity contribution in [2.45, 2.75) is 0 Å². The molecule has 8 heteroatoms. The normalized spacial score (nSPS) is 16.0. The molecular weight excluding hydrogens is 344 g/mol. The Bertz CT molecular complexity index is 1020. The highest BCUT2D eigenvalue weighted by Crippen LogP contribution is 2.36. The SMILES string of the molecule is CS(=O)(=O)Nc1ccc(C2=C(C#N)C(=O)OC2=Cc2ccco2)cc1. The predicted octanol–water partition coefficient (Wildman–Crippen LogP) is 2.53. The number of nitriles is 1. The van der Waals surface area contributed by atoms with Crippen LogP contribution in [-0.4, -0.2) is 20.6 Å². The molecule has 0 spiro atoms. The van der Waals surface area contributed by atoms with Gasteiger partial charge in [0.05, 0.1) is 12.5 Å². The number of nitrogens with zero attached hydrogens (tertiary/aromatic N) is 1. The lowest BCUT2D eigenvalue weighted by atomic mass is 9.99. The monoisotopic (exact) mass is 356 g/mol. The average Bonchev–Trinajstić information content (AvgIpc) is 3.14. The molecule has 1 N–H and O–H groups in total. The number of nitrogens with one attached hydrogen (secondary N) is 1. The second-order valence-electron chi connectivity index (χ2n) is 5.23. The maximum atomic E-state index is 11.9. The fraction of sp³-hybridized carbons (Fsp3) is 0.0588. The zero-order chi connectivity index (χ0) is 18.0. The summed E-state index contributed by atoms with van der Waals surface area (Å²) in [4.78, 5) is 11.9. The van der Waals surface area contributed by atoms with Crippen molar-refractivity contribution in [2.75, 3.05) is 11.0 Å². The first kappa shape index (κ1) is 16.5. The number of anilines is 1. The van der Waals surface area contributed by atoms with Crippen LogP contribution in [0.15, 0.2) is 58.4 Å². The highest BCUT2D eigenvalue weighted by molar-refractivity contribution is 7.92. The van der Waals surface area contributed by atoms with Gasteiger partial charge >= 0.3 is 5.97 Å². The van der Waals surface area contributed by atoms with E-state index in [1.165, 1.54) is 24.5 Å². The van der Waals surface area contributed by atoms with E-state index in [1.54, 1.807) is 24.3 Å². The Morgan fingerprint density at radius 2 is 1.92 bits per heavy atom. The number of carbonyl (C=O) groups is 1. The van der Waals surface area contributed by atoms with Crippen molar-refractivity contribution < 1.29 is 22.4 Å². The molecule has 2 heterocycles. The number of rotatable bonds is 4. The molecule has 3 rings (SSSR count). The maximum Gasteiger partial charge on any atom is 0.355 e. The molecule has 0 saturated carbocycles. The van der Waals surface area contributed by atoms with Crippen LogP contribution in [0.5, 0.6) is 0 Å². The number of hydrogen-bond donors (Lipinski definition) is 1. The Labute approximate surface area is 143 Å². The van der Waals surface area contributed by atoms with Gasteiger partial charge in [-0.1, -0.05) is 12.1 Å². The van der Waals surface area contributed by atoms with Gasteiger partial charge in [0, 0.05) is 17.3 Å². The minimum Gasteiger partial charge on any atom is -0.465 e. The van der Waals surface area contributed by atoms with Crippen molar-refractivity contribution in [3.63, 3.8) is 0 Å². The summed E-state index contributed by atoms with van der Waals surface area (Å²) in [7, 11) is -3.40. The second kappa shape index (κ2) is 6.30. The summed E-state index contributed by atoms with van der Waals surface area (Å²) >= 11 is 0. The van der Waals surface area contributed by atoms with Crippen molar-refractivity contribution in [2.24, 2.45) is 0 Å². The summed E-state index contributed by atoms with van der Waals surface area (Å²) in [6.07, 6.45) is 4.04. The van der Waals surface area contributed by atoms with Gasteiger partial charge in [0.25, 0.3) is 0 Å². The molecule has 25 heavy (non-hydrogen) atoms. The highest BCUT2D eigenvalue weighted by Gasteiger charge is 2.31. The Balaban J connectivity index is 2.03. The van der Waals surface area contributed by atoms with Crippen molar-refractivity contribution in [1.29, 1.82) is 5.26 Å². The van der Waals surface area contributed by atoms with Crippen LogP contribution in [0.25, 0.3) is 11.6 Å². The van der Waals surface area contributed by atoms with Crippen molar-refractivity contribution >= 4 is 33.3 Å². The van der Waals surface area contributed by atoms with Gasteiger partial charge in [-0.15, -0.1) is 0 Å². The van der Waals surface area contributed by atoms with E-state index < -0.39 is 16.0 Å². The van der Waals surface area contributed by atoms with Crippen molar-refractivity contribution in [3.8, 4) is 6.07 Å². The number of sulfonamides is 1. The number of benzene rings is 1. The first-order chi connectivity index (χ1) is 11.9. The highest BCUT2D eigenvalue weighted by atomic mass is 32.2. The van der Waals surface area contributed by atoms with Crippen LogP contribution < -0.4 is 4.72 Å². The lowest BCUT2D eigenvalue weighted by molar-refractivity contribution is -0.132. The molecule has 0 aliphatic carbocycles. The second-order valence-corrected chi connectivity index (χ2v) is 6.98. The quantitative estimate of drug-likeness (QED) is 0.843. The topological polar surface area (TPSA) is 109 Å². The largest absolute Gasteiger partial charge is 0.465 e. The molecule has 1 aromatic carbocycles. The van der Waals surface area contributed by atoms with E-state index in [0.29, 0.717) is 22.6 Å². The van der Waals surface area contributed by atoms with Crippen LogP contribution in [0.4, 0.5) is 5.69 Å². The molecule has 0 radical (unpaired) electrons. The molecule has 7 nitrogen and oxygen atoms in total. The van der Waals surface area contributed by atoms with Crippen molar-refractivity contribution in [1.82, 2.24) is 0 Å². The van der Waals surface area contributed by atoms with Gasteiger partial charge in [0.1, 0.15) is 23.2 Å². The van der Waals surface area contributed by atoms with Gasteiger partial charge in [-0.25, -0.2) is 13.2 Å². The molecule has 0 atom stereocenters. The first-order valence-electron chi connectivity index (χ1n) is 7.08. The lowest BCUT2D eigenvalue weighted by Crippen LogP contribution is -2.09. The fourth-order valence-electron chi connectivity index (χ4n) is 2.34. The average molecular weight is 356 g/mol. The van der Waals surface area contributed by atoms with E-state index in [2.05, 4.69) is 4.72 Å². The minimum absolute atomic E-state index is 0.123. The molecular formula is C17H12N2O5S. The molecule has 1 aliphatic rings. The number of esters is 1. The maximum absolute atomic E-state index is 11.9. The zero-order valence-electron chi connectivity index (χ0n) is 13.0. The summed E-state index contributed by atoms with van der Waals surface area (Å²) in [6.45, 7) is 0. The van der Waals surface area contributed by atoms with E-state index in [1.807, 2.05) is 6.07 Å². The number of furan rings is 1. The number of hydrogen-bond acceptors (Lipinski definition) is 6. The fourth-order valence-corrected chi connectivity index (χ4v) is 2.90. The predicted molar refractivity (Wildman–Crippen MR) is 90.2 cm³/mol. The van der Waals surface area contributed by atoms with Gasteiger partial charge in [0.15, 0.2) is 0 Å². The van der Waals surface area contributed by atoms with Crippen LogP contribution in [0.2, 0.25) is 0 Å². The molecule has 1 aromatic heterocycles. The van der Waals surface area contributed by atoms with Crippen LogP contribution in [0.1, 0.15) is 11.3 Å². The third-order valence-corrected chi connectivity index (χ3v) is 3.91. The summed E-state index contributed by atoms with van der Waals surface area (Å²) in [5.74, 6) is -0.0798. The lowest BCUT2D eigenvalue weighted by Gasteiger charge is -2.07. The summed E-state index contributed by atoms with van der Waals surface area (Å²) in [6, 6.07) is 11.5. The summed E-state index contributed by atoms with van der Waals surface area (Å²) in [5, 5.41) is 9.27. The first-order valence-corrected chi connectivity index (χ1v) is 8.97. The Kier molecular flexibility index (Phi) is 4.17. The van der Waals surface area contributed by atoms with Crippen LogP contribution in [0, 0.1) is 11.3 Å². The zero-order valence-corrected chi connectivity index (χ0v) is 13.8. The minimum atomic E-state index is -3.40. The Morgan fingerprint density at radius 3 is 2.48 bits per heavy atom. The van der Waals surface area contributed by atoms with E-state index in [0.717, 1.165) is 6.26 Å². The van der Waals surface area contributed by atoms with Crippen LogP contribution in [-0.2, 0) is 19.6 Å². The van der Waals surface area contributed by atoms with E-state index in [4.69, 9.17) is 9.15 Å².